The van der Waals surface area contributed by atoms with Crippen LogP contribution < -0.4 is 16.2 Å². The van der Waals surface area contributed by atoms with Crippen LogP contribution in [0.1, 0.15) is 24.1 Å². The van der Waals surface area contributed by atoms with E-state index in [1.54, 1.807) is 0 Å². The molecule has 0 aromatic heterocycles. The maximum atomic E-state index is 10.6. The third-order valence-electron chi connectivity index (χ3n) is 2.41. The average Bonchev–Trinajstić information content (AvgIpc) is 2.31. The van der Waals surface area contributed by atoms with Crippen molar-refractivity contribution in [3.05, 3.63) is 29.3 Å². The molecule has 1 atom stereocenters. The van der Waals surface area contributed by atoms with E-state index in [1.165, 1.54) is 0 Å². The highest BCUT2D eigenvalue weighted by Crippen LogP contribution is 2.25. The van der Waals surface area contributed by atoms with Crippen molar-refractivity contribution in [2.75, 3.05) is 19.8 Å². The third kappa shape index (κ3) is 4.35. The van der Waals surface area contributed by atoms with Crippen LogP contribution in [0.2, 0.25) is 0 Å². The van der Waals surface area contributed by atoms with Crippen LogP contribution in [0.4, 0.5) is 0 Å². The Balaban J connectivity index is 2.72. The van der Waals surface area contributed by atoms with Crippen LogP contribution in [0.5, 0.6) is 5.75 Å². The Kier molecular flexibility index (Phi) is 5.61. The molecule has 0 aliphatic carbocycles. The normalized spacial score (nSPS) is 12.2. The Bertz CT molecular complexity index is 407. The predicted octanol–water partition coefficient (Wildman–Crippen LogP) is 0.895. The SMILES string of the molecule is CCOc1ccc(C)cc1C(N)COCC(N)=O. The van der Waals surface area contributed by atoms with Gasteiger partial charge in [-0.1, -0.05) is 17.7 Å². The number of hydrogen-bond acceptors (Lipinski definition) is 4. The maximum absolute atomic E-state index is 10.6. The number of carbonyl (C=O) groups is 1. The van der Waals surface area contributed by atoms with Crippen molar-refractivity contribution < 1.29 is 14.3 Å². The van der Waals surface area contributed by atoms with Gasteiger partial charge in [-0.25, -0.2) is 0 Å². The van der Waals surface area contributed by atoms with Crippen LogP contribution in [-0.4, -0.2) is 25.7 Å². The molecule has 1 rings (SSSR count). The van der Waals surface area contributed by atoms with Crippen molar-refractivity contribution in [1.82, 2.24) is 0 Å². The van der Waals surface area contributed by atoms with Gasteiger partial charge in [0.25, 0.3) is 0 Å². The summed E-state index contributed by atoms with van der Waals surface area (Å²) in [4.78, 5) is 10.6. The van der Waals surface area contributed by atoms with Gasteiger partial charge >= 0.3 is 0 Å². The first-order chi connectivity index (χ1) is 8.54. The predicted molar refractivity (Wildman–Crippen MR) is 69.3 cm³/mol. The average molecular weight is 252 g/mol. The van der Waals surface area contributed by atoms with Gasteiger partial charge in [0.05, 0.1) is 19.3 Å². The quantitative estimate of drug-likeness (QED) is 0.754. The zero-order valence-electron chi connectivity index (χ0n) is 10.8. The Morgan fingerprint density at radius 1 is 1.44 bits per heavy atom. The molecule has 0 fully saturated rings. The maximum Gasteiger partial charge on any atom is 0.243 e. The summed E-state index contributed by atoms with van der Waals surface area (Å²) in [6.45, 7) is 4.58. The molecule has 0 aliphatic heterocycles. The van der Waals surface area contributed by atoms with Gasteiger partial charge in [0.2, 0.25) is 5.91 Å². The number of ether oxygens (including phenoxy) is 2. The van der Waals surface area contributed by atoms with Gasteiger partial charge in [0.15, 0.2) is 0 Å². The molecule has 5 nitrogen and oxygen atoms in total. The van der Waals surface area contributed by atoms with Gasteiger partial charge in [-0.15, -0.1) is 0 Å². The summed E-state index contributed by atoms with van der Waals surface area (Å²) in [6, 6.07) is 5.47. The van der Waals surface area contributed by atoms with Gasteiger partial charge in [-0.2, -0.15) is 0 Å². The van der Waals surface area contributed by atoms with E-state index < -0.39 is 5.91 Å². The molecule has 1 aromatic carbocycles. The number of aryl methyl sites for hydroxylation is 1. The Labute approximate surface area is 107 Å². The van der Waals surface area contributed by atoms with Gasteiger partial charge in [-0.05, 0) is 19.9 Å². The minimum atomic E-state index is -0.503. The fourth-order valence-electron chi connectivity index (χ4n) is 1.62. The van der Waals surface area contributed by atoms with E-state index in [0.29, 0.717) is 6.61 Å². The molecule has 0 saturated carbocycles. The monoisotopic (exact) mass is 252 g/mol. The van der Waals surface area contributed by atoms with E-state index in [0.717, 1.165) is 16.9 Å². The second-order valence-electron chi connectivity index (χ2n) is 4.06. The van der Waals surface area contributed by atoms with Crippen molar-refractivity contribution in [1.29, 1.82) is 0 Å². The molecule has 0 spiro atoms. The summed E-state index contributed by atoms with van der Waals surface area (Å²) in [6.07, 6.45) is 0. The molecule has 4 N–H and O–H groups in total. The second-order valence-corrected chi connectivity index (χ2v) is 4.06. The summed E-state index contributed by atoms with van der Waals surface area (Å²) in [5, 5.41) is 0. The van der Waals surface area contributed by atoms with Crippen LogP contribution in [0.15, 0.2) is 18.2 Å². The Morgan fingerprint density at radius 3 is 2.78 bits per heavy atom. The van der Waals surface area contributed by atoms with E-state index in [9.17, 15) is 4.79 Å². The number of rotatable bonds is 7. The highest BCUT2D eigenvalue weighted by atomic mass is 16.5. The standard InChI is InChI=1S/C13H20N2O3/c1-3-18-12-5-4-9(2)6-10(12)11(14)7-17-8-13(15)16/h4-6,11H,3,7-8,14H2,1-2H3,(H2,15,16). The number of nitrogens with two attached hydrogens (primary N) is 2. The molecule has 0 bridgehead atoms. The number of carbonyl (C=O) groups excluding carboxylic acids is 1. The first-order valence-electron chi connectivity index (χ1n) is 5.89. The van der Waals surface area contributed by atoms with E-state index in [4.69, 9.17) is 20.9 Å². The minimum absolute atomic E-state index is 0.122. The van der Waals surface area contributed by atoms with Crippen molar-refractivity contribution in [3.8, 4) is 5.75 Å². The second kappa shape index (κ2) is 6.98. The van der Waals surface area contributed by atoms with E-state index >= 15 is 0 Å². The fraction of sp³-hybridized carbons (Fsp3) is 0.462. The Hall–Kier alpha value is -1.59. The van der Waals surface area contributed by atoms with E-state index in [2.05, 4.69) is 0 Å². The highest BCUT2D eigenvalue weighted by Gasteiger charge is 2.13. The van der Waals surface area contributed by atoms with E-state index in [1.807, 2.05) is 32.0 Å². The highest BCUT2D eigenvalue weighted by molar-refractivity contribution is 5.74. The summed E-state index contributed by atoms with van der Waals surface area (Å²) < 4.78 is 10.6. The summed E-state index contributed by atoms with van der Waals surface area (Å²) in [7, 11) is 0. The molecule has 0 aliphatic rings. The Morgan fingerprint density at radius 2 is 2.17 bits per heavy atom. The van der Waals surface area contributed by atoms with Crippen LogP contribution in [0.3, 0.4) is 0 Å². The molecule has 5 heteroatoms. The lowest BCUT2D eigenvalue weighted by Crippen LogP contribution is -2.23. The van der Waals surface area contributed by atoms with Crippen LogP contribution in [0, 0.1) is 6.92 Å². The zero-order chi connectivity index (χ0) is 13.5. The van der Waals surface area contributed by atoms with Crippen molar-refractivity contribution >= 4 is 5.91 Å². The number of amides is 1. The smallest absolute Gasteiger partial charge is 0.243 e. The zero-order valence-corrected chi connectivity index (χ0v) is 10.8. The lowest BCUT2D eigenvalue weighted by Gasteiger charge is -2.17. The molecule has 100 valence electrons. The van der Waals surface area contributed by atoms with Gasteiger partial charge in [0.1, 0.15) is 12.4 Å². The molecule has 0 heterocycles. The summed E-state index contributed by atoms with van der Waals surface area (Å²) in [5.41, 5.74) is 13.0. The molecular formula is C13H20N2O3. The molecule has 1 unspecified atom stereocenters. The molecule has 0 saturated heterocycles. The van der Waals surface area contributed by atoms with Gasteiger partial charge < -0.3 is 20.9 Å². The topological polar surface area (TPSA) is 87.6 Å². The molecular weight excluding hydrogens is 232 g/mol. The molecule has 1 aromatic rings. The van der Waals surface area contributed by atoms with Crippen molar-refractivity contribution in [3.63, 3.8) is 0 Å². The summed E-state index contributed by atoms with van der Waals surface area (Å²) in [5.74, 6) is 0.245. The lowest BCUT2D eigenvalue weighted by atomic mass is 10.0. The summed E-state index contributed by atoms with van der Waals surface area (Å²) >= 11 is 0. The fourth-order valence-corrected chi connectivity index (χ4v) is 1.62. The van der Waals surface area contributed by atoms with E-state index in [-0.39, 0.29) is 19.3 Å². The number of hydrogen-bond donors (Lipinski definition) is 2. The lowest BCUT2D eigenvalue weighted by molar-refractivity contribution is -0.122. The molecule has 18 heavy (non-hydrogen) atoms. The first-order valence-corrected chi connectivity index (χ1v) is 5.89. The molecule has 0 radical (unpaired) electrons. The van der Waals surface area contributed by atoms with Gasteiger partial charge in [0, 0.05) is 5.56 Å². The van der Waals surface area contributed by atoms with Gasteiger partial charge in [-0.3, -0.25) is 4.79 Å². The van der Waals surface area contributed by atoms with Crippen molar-refractivity contribution in [2.24, 2.45) is 11.5 Å². The van der Waals surface area contributed by atoms with Crippen LogP contribution in [-0.2, 0) is 9.53 Å². The number of primary amides is 1. The van der Waals surface area contributed by atoms with Crippen LogP contribution >= 0.6 is 0 Å². The molecule has 1 amide bonds. The number of benzene rings is 1. The largest absolute Gasteiger partial charge is 0.494 e. The van der Waals surface area contributed by atoms with Crippen molar-refractivity contribution in [2.45, 2.75) is 19.9 Å². The van der Waals surface area contributed by atoms with Crippen LogP contribution in [0.25, 0.3) is 0 Å². The first kappa shape index (κ1) is 14.5. The third-order valence-corrected chi connectivity index (χ3v) is 2.41. The minimum Gasteiger partial charge on any atom is -0.494 e.